The van der Waals surface area contributed by atoms with E-state index in [-0.39, 0.29) is 35.8 Å². The normalized spacial score (nSPS) is 10.4. The maximum Gasteiger partial charge on any atom is 0.253 e. The molecular weight excluding hydrogens is 495 g/mol. The standard InChI is InChI=1S/C28H40N4.2ClH.2H2O/c1-23-29(3)25-17-11-13-19-27(25)31(23)21-15-9-7-5-6-8-10-16-22-32-24(2)30(4)26-18-12-14-20-28(26)32;;;;/h11-14,17-20H,5-10,15-16,21-22H2,1-4H3;2*1H;2*1H2/q+2;;;;/p-2. The Hall–Kier alpha value is -2.12. The van der Waals surface area contributed by atoms with Crippen LogP contribution in [0.4, 0.5) is 0 Å². The topological polar surface area (TPSA) is 80.6 Å². The van der Waals surface area contributed by atoms with Crippen LogP contribution < -0.4 is 33.9 Å². The Kier molecular flexibility index (Phi) is 14.9. The summed E-state index contributed by atoms with van der Waals surface area (Å²) in [5.74, 6) is 2.70. The molecule has 4 aromatic rings. The van der Waals surface area contributed by atoms with Crippen molar-refractivity contribution >= 4 is 22.1 Å². The third-order valence-electron chi connectivity index (χ3n) is 7.33. The number of aromatic nitrogens is 4. The van der Waals surface area contributed by atoms with Crippen molar-refractivity contribution in [3.05, 3.63) is 60.2 Å². The number of hydrogen-bond acceptors (Lipinski definition) is 0. The molecule has 0 atom stereocenters. The molecule has 2 aromatic carbocycles. The van der Waals surface area contributed by atoms with Gasteiger partial charge >= 0.3 is 0 Å². The largest absolute Gasteiger partial charge is 1.00 e. The molecule has 0 bridgehead atoms. The summed E-state index contributed by atoms with van der Waals surface area (Å²) >= 11 is 0. The molecule has 36 heavy (non-hydrogen) atoms. The zero-order valence-electron chi connectivity index (χ0n) is 22.2. The van der Waals surface area contributed by atoms with Crippen LogP contribution in [0.1, 0.15) is 63.0 Å². The highest BCUT2D eigenvalue weighted by atomic mass is 35.5. The molecule has 0 saturated heterocycles. The van der Waals surface area contributed by atoms with Gasteiger partial charge < -0.3 is 35.8 Å². The SMILES string of the molecule is Cc1n(CCCCCCCCCCn2c(C)[n+](C)c3ccccc32)c2ccccc2[n+]1C.O.O.[Cl-].[Cl-]. The number of rotatable bonds is 11. The highest BCUT2D eigenvalue weighted by Gasteiger charge is 2.18. The lowest BCUT2D eigenvalue weighted by Crippen LogP contribution is -3.00. The molecule has 0 radical (unpaired) electrons. The molecule has 4 rings (SSSR count). The Morgan fingerprint density at radius 3 is 1.19 bits per heavy atom. The van der Waals surface area contributed by atoms with Crippen LogP contribution in [0.5, 0.6) is 0 Å². The van der Waals surface area contributed by atoms with Crippen LogP contribution in [-0.4, -0.2) is 20.1 Å². The van der Waals surface area contributed by atoms with Crippen LogP contribution in [0.15, 0.2) is 48.5 Å². The van der Waals surface area contributed by atoms with E-state index in [2.05, 4.69) is 94.7 Å². The zero-order chi connectivity index (χ0) is 22.5. The van der Waals surface area contributed by atoms with Crippen LogP contribution >= 0.6 is 0 Å². The minimum Gasteiger partial charge on any atom is -1.00 e. The average Bonchev–Trinajstić information content (AvgIpc) is 3.20. The first-order valence-corrected chi connectivity index (χ1v) is 12.5. The van der Waals surface area contributed by atoms with Crippen molar-refractivity contribution < 1.29 is 44.9 Å². The highest BCUT2D eigenvalue weighted by molar-refractivity contribution is 5.72. The summed E-state index contributed by atoms with van der Waals surface area (Å²) in [6, 6.07) is 17.5. The second-order valence-corrected chi connectivity index (χ2v) is 9.32. The smallest absolute Gasteiger partial charge is 0.253 e. The summed E-state index contributed by atoms with van der Waals surface area (Å²) in [5.41, 5.74) is 5.40. The first-order valence-electron chi connectivity index (χ1n) is 12.5. The molecule has 0 unspecified atom stereocenters. The molecule has 0 spiro atoms. The fraction of sp³-hybridized carbons (Fsp3) is 0.500. The summed E-state index contributed by atoms with van der Waals surface area (Å²) in [6.45, 7) is 6.74. The number of fused-ring (bicyclic) bond motifs is 2. The Balaban J connectivity index is 0.00000306. The maximum absolute atomic E-state index is 2.49. The number of unbranched alkanes of at least 4 members (excludes halogenated alkanes) is 7. The number of para-hydroxylation sites is 4. The lowest BCUT2D eigenvalue weighted by molar-refractivity contribution is -0.652. The summed E-state index contributed by atoms with van der Waals surface area (Å²) in [4.78, 5) is 0. The maximum atomic E-state index is 2.49. The van der Waals surface area contributed by atoms with E-state index in [1.54, 1.807) is 0 Å². The van der Waals surface area contributed by atoms with Gasteiger partial charge in [0.1, 0.15) is 0 Å². The fourth-order valence-electron chi connectivity index (χ4n) is 5.18. The predicted octanol–water partition coefficient (Wildman–Crippen LogP) is -1.96. The highest BCUT2D eigenvalue weighted by Crippen LogP contribution is 2.17. The third kappa shape index (κ3) is 7.22. The third-order valence-corrected chi connectivity index (χ3v) is 7.33. The Bertz CT molecular complexity index is 1110. The van der Waals surface area contributed by atoms with Gasteiger partial charge in [0, 0.05) is 13.8 Å². The molecular formula is C28H44Cl2N4O2. The minimum absolute atomic E-state index is 0. The van der Waals surface area contributed by atoms with E-state index in [0.29, 0.717) is 0 Å². The van der Waals surface area contributed by atoms with E-state index in [0.717, 1.165) is 13.1 Å². The van der Waals surface area contributed by atoms with Gasteiger partial charge in [0.2, 0.25) is 0 Å². The van der Waals surface area contributed by atoms with Crippen molar-refractivity contribution in [2.75, 3.05) is 0 Å². The number of benzene rings is 2. The van der Waals surface area contributed by atoms with Crippen LogP contribution in [0.2, 0.25) is 0 Å². The first kappa shape index (κ1) is 33.9. The molecule has 8 heteroatoms. The number of nitrogens with zero attached hydrogens (tertiary/aromatic N) is 4. The van der Waals surface area contributed by atoms with Gasteiger partial charge in [-0.3, -0.25) is 0 Å². The van der Waals surface area contributed by atoms with E-state index in [9.17, 15) is 0 Å². The Morgan fingerprint density at radius 1 is 0.528 bits per heavy atom. The zero-order valence-corrected chi connectivity index (χ0v) is 23.7. The molecule has 2 aromatic heterocycles. The number of imidazole rings is 2. The second kappa shape index (κ2) is 15.9. The summed E-state index contributed by atoms with van der Waals surface area (Å²) in [5, 5.41) is 0. The van der Waals surface area contributed by atoms with Crippen molar-refractivity contribution in [2.24, 2.45) is 14.1 Å². The molecule has 0 saturated carbocycles. The van der Waals surface area contributed by atoms with Gasteiger partial charge in [-0.2, -0.15) is 0 Å². The molecule has 0 amide bonds. The molecule has 2 heterocycles. The summed E-state index contributed by atoms with van der Waals surface area (Å²) in [7, 11) is 4.35. The van der Waals surface area contributed by atoms with Gasteiger partial charge in [-0.15, -0.1) is 0 Å². The van der Waals surface area contributed by atoms with Crippen LogP contribution in [0.3, 0.4) is 0 Å². The van der Waals surface area contributed by atoms with Crippen molar-refractivity contribution in [1.82, 2.24) is 9.13 Å². The molecule has 4 N–H and O–H groups in total. The van der Waals surface area contributed by atoms with Gasteiger partial charge in [0.25, 0.3) is 11.6 Å². The average molecular weight is 540 g/mol. The van der Waals surface area contributed by atoms with Gasteiger partial charge in [-0.05, 0) is 49.9 Å². The van der Waals surface area contributed by atoms with Gasteiger partial charge in [0.05, 0.1) is 27.2 Å². The van der Waals surface area contributed by atoms with E-state index >= 15 is 0 Å². The quantitative estimate of drug-likeness (QED) is 0.157. The molecule has 6 nitrogen and oxygen atoms in total. The lowest BCUT2D eigenvalue weighted by Gasteiger charge is -2.03. The van der Waals surface area contributed by atoms with E-state index in [4.69, 9.17) is 0 Å². The van der Waals surface area contributed by atoms with Crippen molar-refractivity contribution in [3.8, 4) is 0 Å². The number of hydrogen-bond donors (Lipinski definition) is 0. The number of aryl methyl sites for hydroxylation is 4. The van der Waals surface area contributed by atoms with Gasteiger partial charge in [0.15, 0.2) is 22.1 Å². The Morgan fingerprint density at radius 2 is 0.833 bits per heavy atom. The van der Waals surface area contributed by atoms with Crippen LogP contribution in [-0.2, 0) is 27.2 Å². The van der Waals surface area contributed by atoms with Crippen LogP contribution in [0.25, 0.3) is 22.1 Å². The van der Waals surface area contributed by atoms with Crippen LogP contribution in [0, 0.1) is 13.8 Å². The Labute approximate surface area is 228 Å². The molecule has 0 fully saturated rings. The summed E-state index contributed by atoms with van der Waals surface area (Å²) in [6.07, 6.45) is 10.7. The monoisotopic (exact) mass is 538 g/mol. The van der Waals surface area contributed by atoms with E-state index in [1.165, 1.54) is 85.1 Å². The molecule has 202 valence electrons. The van der Waals surface area contributed by atoms with Crippen molar-refractivity contribution in [3.63, 3.8) is 0 Å². The van der Waals surface area contributed by atoms with Gasteiger partial charge in [-0.1, -0.05) is 49.9 Å². The second-order valence-electron chi connectivity index (χ2n) is 9.32. The fourth-order valence-corrected chi connectivity index (χ4v) is 5.18. The number of halogens is 2. The minimum atomic E-state index is 0. The summed E-state index contributed by atoms with van der Waals surface area (Å²) < 4.78 is 9.60. The molecule has 0 aliphatic rings. The first-order chi connectivity index (χ1) is 15.6. The predicted molar refractivity (Wildman–Crippen MR) is 140 cm³/mol. The van der Waals surface area contributed by atoms with E-state index < -0.39 is 0 Å². The van der Waals surface area contributed by atoms with E-state index in [1.807, 2.05) is 0 Å². The lowest BCUT2D eigenvalue weighted by atomic mass is 10.1. The van der Waals surface area contributed by atoms with Crippen molar-refractivity contribution in [1.29, 1.82) is 0 Å². The molecule has 0 aliphatic heterocycles. The van der Waals surface area contributed by atoms with Crippen molar-refractivity contribution in [2.45, 2.75) is 78.3 Å². The molecule has 0 aliphatic carbocycles. The van der Waals surface area contributed by atoms with Gasteiger partial charge in [-0.25, -0.2) is 18.3 Å².